The molecule has 0 saturated heterocycles. The molecule has 1 aromatic heterocycles. The average molecular weight is 481 g/mol. The molecule has 0 unspecified atom stereocenters. The quantitative estimate of drug-likeness (QED) is 0.343. The van der Waals surface area contributed by atoms with E-state index in [4.69, 9.17) is 5.26 Å². The van der Waals surface area contributed by atoms with E-state index in [1.807, 2.05) is 72.6 Å². The smallest absolute Gasteiger partial charge is 0.350 e. The molecule has 0 spiro atoms. The predicted octanol–water partition coefficient (Wildman–Crippen LogP) is 4.45. The summed E-state index contributed by atoms with van der Waals surface area (Å²) < 4.78 is 0.845. The van der Waals surface area contributed by atoms with Crippen LogP contribution in [-0.4, -0.2) is 34.3 Å². The molecule has 0 aliphatic heterocycles. The molecule has 3 aromatic carbocycles. The topological polar surface area (TPSA) is 107 Å². The van der Waals surface area contributed by atoms with Crippen LogP contribution < -0.4 is 15.9 Å². The van der Waals surface area contributed by atoms with E-state index >= 15 is 0 Å². The van der Waals surface area contributed by atoms with Crippen molar-refractivity contribution in [2.75, 3.05) is 23.8 Å². The standard InChI is InChI=1S/C28H28N6O2/c1-3-4-20-7-14-25(27(35)34-28(36)31-19-32-34)26(17-20)22-8-10-23(11-9-22)30-18-21-5-12-24(13-6-21)33(2)16-15-29/h5-14,17,19,30H,3-4,16,18H2,1-2H3,(H,31,32,36). The highest BCUT2D eigenvalue weighted by atomic mass is 16.2. The van der Waals surface area contributed by atoms with Crippen LogP contribution in [0.1, 0.15) is 34.8 Å². The second kappa shape index (κ2) is 11.2. The number of nitrogens with zero attached hydrogens (tertiary/aromatic N) is 4. The van der Waals surface area contributed by atoms with E-state index in [1.54, 1.807) is 6.07 Å². The molecule has 4 aromatic rings. The van der Waals surface area contributed by atoms with Gasteiger partial charge in [-0.05, 0) is 59.0 Å². The number of nitriles is 1. The summed E-state index contributed by atoms with van der Waals surface area (Å²) >= 11 is 0. The van der Waals surface area contributed by atoms with Gasteiger partial charge in [0, 0.05) is 30.5 Å². The van der Waals surface area contributed by atoms with Crippen LogP contribution in [0.4, 0.5) is 11.4 Å². The molecule has 0 saturated carbocycles. The first kappa shape index (κ1) is 24.5. The zero-order chi connectivity index (χ0) is 25.5. The fourth-order valence-corrected chi connectivity index (χ4v) is 4.01. The molecule has 1 heterocycles. The van der Waals surface area contributed by atoms with Gasteiger partial charge in [0.1, 0.15) is 12.9 Å². The maximum absolute atomic E-state index is 13.1. The Labute approximate surface area is 209 Å². The normalized spacial score (nSPS) is 10.6. The van der Waals surface area contributed by atoms with Crippen LogP contribution in [-0.2, 0) is 13.0 Å². The molecule has 0 fully saturated rings. The van der Waals surface area contributed by atoms with Crippen LogP contribution >= 0.6 is 0 Å². The predicted molar refractivity (Wildman–Crippen MR) is 141 cm³/mol. The Morgan fingerprint density at radius 2 is 1.81 bits per heavy atom. The van der Waals surface area contributed by atoms with Crippen molar-refractivity contribution in [2.24, 2.45) is 0 Å². The molecule has 0 atom stereocenters. The molecular weight excluding hydrogens is 452 g/mol. The van der Waals surface area contributed by atoms with E-state index in [-0.39, 0.29) is 0 Å². The molecular formula is C28H28N6O2. The molecule has 0 amide bonds. The van der Waals surface area contributed by atoms with Crippen molar-refractivity contribution in [1.82, 2.24) is 14.8 Å². The van der Waals surface area contributed by atoms with Gasteiger partial charge >= 0.3 is 5.69 Å². The molecule has 8 nitrogen and oxygen atoms in total. The number of hydrogen-bond acceptors (Lipinski definition) is 6. The number of aromatic nitrogens is 3. The highest BCUT2D eigenvalue weighted by Crippen LogP contribution is 2.28. The maximum Gasteiger partial charge on any atom is 0.350 e. The molecule has 2 N–H and O–H groups in total. The largest absolute Gasteiger partial charge is 0.381 e. The van der Waals surface area contributed by atoms with Crippen LogP contribution in [0.5, 0.6) is 0 Å². The lowest BCUT2D eigenvalue weighted by atomic mass is 9.95. The number of nitrogens with one attached hydrogen (secondary N) is 2. The average Bonchev–Trinajstić information content (AvgIpc) is 3.34. The lowest BCUT2D eigenvalue weighted by Gasteiger charge is -2.16. The van der Waals surface area contributed by atoms with Crippen LogP contribution in [0.2, 0.25) is 0 Å². The number of H-pyrrole nitrogens is 1. The Balaban J connectivity index is 1.53. The lowest BCUT2D eigenvalue weighted by molar-refractivity contribution is 0.0941. The van der Waals surface area contributed by atoms with Gasteiger partial charge in [0.2, 0.25) is 0 Å². The van der Waals surface area contributed by atoms with Gasteiger partial charge < -0.3 is 10.2 Å². The number of carbonyl (C=O) groups excluding carboxylic acids is 1. The summed E-state index contributed by atoms with van der Waals surface area (Å²) in [6.07, 6.45) is 3.10. The first-order valence-electron chi connectivity index (χ1n) is 11.8. The third kappa shape index (κ3) is 5.53. The number of aryl methyl sites for hydroxylation is 1. The van der Waals surface area contributed by atoms with Crippen LogP contribution in [0.3, 0.4) is 0 Å². The van der Waals surface area contributed by atoms with E-state index < -0.39 is 11.6 Å². The maximum atomic E-state index is 13.1. The molecule has 4 rings (SSSR count). The SMILES string of the molecule is CCCc1ccc(C(=O)n2nc[nH]c2=O)c(-c2ccc(NCc3ccc(N(C)CC#N)cc3)cc2)c1. The summed E-state index contributed by atoms with van der Waals surface area (Å²) in [5, 5.41) is 16.1. The molecule has 8 heteroatoms. The number of rotatable bonds is 9. The Morgan fingerprint density at radius 1 is 1.08 bits per heavy atom. The van der Waals surface area contributed by atoms with Gasteiger partial charge in [-0.1, -0.05) is 49.7 Å². The monoisotopic (exact) mass is 480 g/mol. The minimum atomic E-state index is -0.562. The van der Waals surface area contributed by atoms with Crippen molar-refractivity contribution in [2.45, 2.75) is 26.3 Å². The van der Waals surface area contributed by atoms with Gasteiger partial charge in [-0.25, -0.2) is 4.79 Å². The van der Waals surface area contributed by atoms with Gasteiger partial charge in [0.05, 0.1) is 6.07 Å². The van der Waals surface area contributed by atoms with Crippen LogP contribution in [0.25, 0.3) is 11.1 Å². The first-order valence-corrected chi connectivity index (χ1v) is 11.8. The Morgan fingerprint density at radius 3 is 2.44 bits per heavy atom. The molecule has 0 aliphatic rings. The van der Waals surface area contributed by atoms with Gasteiger partial charge in [0.15, 0.2) is 0 Å². The number of aromatic amines is 1. The van der Waals surface area contributed by atoms with Gasteiger partial charge in [-0.2, -0.15) is 10.4 Å². The van der Waals surface area contributed by atoms with Gasteiger partial charge in [-0.15, -0.1) is 4.68 Å². The summed E-state index contributed by atoms with van der Waals surface area (Å²) in [5.41, 5.74) is 5.71. The van der Waals surface area contributed by atoms with Crippen molar-refractivity contribution < 1.29 is 4.79 Å². The molecule has 36 heavy (non-hydrogen) atoms. The molecule has 0 aliphatic carbocycles. The fourth-order valence-electron chi connectivity index (χ4n) is 4.01. The zero-order valence-corrected chi connectivity index (χ0v) is 20.4. The third-order valence-corrected chi connectivity index (χ3v) is 5.98. The molecule has 0 radical (unpaired) electrons. The highest BCUT2D eigenvalue weighted by Gasteiger charge is 2.18. The number of carbonyl (C=O) groups is 1. The first-order chi connectivity index (χ1) is 17.5. The Kier molecular flexibility index (Phi) is 7.61. The van der Waals surface area contributed by atoms with E-state index in [9.17, 15) is 9.59 Å². The van der Waals surface area contributed by atoms with E-state index in [2.05, 4.69) is 28.4 Å². The number of benzene rings is 3. The van der Waals surface area contributed by atoms with Crippen molar-refractivity contribution in [3.05, 3.63) is 100 Å². The second-order valence-electron chi connectivity index (χ2n) is 8.55. The lowest BCUT2D eigenvalue weighted by Crippen LogP contribution is -2.26. The number of hydrogen-bond donors (Lipinski definition) is 2. The summed E-state index contributed by atoms with van der Waals surface area (Å²) in [7, 11) is 1.89. The van der Waals surface area contributed by atoms with Crippen LogP contribution in [0.15, 0.2) is 77.9 Å². The summed E-state index contributed by atoms with van der Waals surface area (Å²) in [4.78, 5) is 29.3. The summed E-state index contributed by atoms with van der Waals surface area (Å²) in [5.74, 6) is -0.467. The van der Waals surface area contributed by atoms with Crippen LogP contribution in [0, 0.1) is 11.3 Å². The van der Waals surface area contributed by atoms with Crippen molar-refractivity contribution in [3.8, 4) is 17.2 Å². The van der Waals surface area contributed by atoms with Crippen molar-refractivity contribution >= 4 is 17.3 Å². The van der Waals surface area contributed by atoms with E-state index in [0.717, 1.165) is 51.2 Å². The Hall–Kier alpha value is -4.64. The zero-order valence-electron chi connectivity index (χ0n) is 20.4. The van der Waals surface area contributed by atoms with E-state index in [0.29, 0.717) is 18.7 Å². The van der Waals surface area contributed by atoms with Gasteiger partial charge in [-0.3, -0.25) is 9.78 Å². The van der Waals surface area contributed by atoms with E-state index in [1.165, 1.54) is 6.33 Å². The minimum absolute atomic E-state index is 0.344. The molecule has 0 bridgehead atoms. The fraction of sp³-hybridized carbons (Fsp3) is 0.214. The summed E-state index contributed by atoms with van der Waals surface area (Å²) in [6.45, 7) is 3.11. The van der Waals surface area contributed by atoms with Crippen molar-refractivity contribution in [3.63, 3.8) is 0 Å². The summed E-state index contributed by atoms with van der Waals surface area (Å²) in [6, 6.07) is 23.8. The Bertz CT molecular complexity index is 1430. The third-order valence-electron chi connectivity index (χ3n) is 5.98. The van der Waals surface area contributed by atoms with Gasteiger partial charge in [0.25, 0.3) is 5.91 Å². The minimum Gasteiger partial charge on any atom is -0.381 e. The highest BCUT2D eigenvalue weighted by molar-refractivity contribution is 6.01. The number of anilines is 2. The second-order valence-corrected chi connectivity index (χ2v) is 8.55. The van der Waals surface area contributed by atoms with Crippen molar-refractivity contribution in [1.29, 1.82) is 5.26 Å². The molecule has 182 valence electrons.